The second-order valence-electron chi connectivity index (χ2n) is 7.50. The molecule has 1 aromatic heterocycles. The zero-order chi connectivity index (χ0) is 15.7. The summed E-state index contributed by atoms with van der Waals surface area (Å²) in [7, 11) is 0. The van der Waals surface area contributed by atoms with E-state index in [0.29, 0.717) is 0 Å². The molecule has 0 saturated carbocycles. The molecule has 4 heteroatoms. The van der Waals surface area contributed by atoms with Crippen molar-refractivity contribution in [3.8, 4) is 11.3 Å². The van der Waals surface area contributed by atoms with Gasteiger partial charge in [0, 0.05) is 11.5 Å². The minimum Gasteiger partial charge on any atom is -0.390 e. The number of aromatic nitrogens is 2. The van der Waals surface area contributed by atoms with Gasteiger partial charge in [-0.1, -0.05) is 24.3 Å². The van der Waals surface area contributed by atoms with Gasteiger partial charge < -0.3 is 14.4 Å². The summed E-state index contributed by atoms with van der Waals surface area (Å²) in [5, 5.41) is 10.9. The Labute approximate surface area is 130 Å². The van der Waals surface area contributed by atoms with Gasteiger partial charge >= 0.3 is 0 Å². The smallest absolute Gasteiger partial charge is 0.0956 e. The normalized spacial score (nSPS) is 31.0. The van der Waals surface area contributed by atoms with Crippen molar-refractivity contribution in [2.75, 3.05) is 0 Å². The van der Waals surface area contributed by atoms with Gasteiger partial charge in [-0.15, -0.1) is 0 Å². The highest BCUT2D eigenvalue weighted by molar-refractivity contribution is 5.69. The number of ether oxygens (including phenoxy) is 1. The maximum atomic E-state index is 10.9. The third-order valence-electron chi connectivity index (χ3n) is 5.24. The van der Waals surface area contributed by atoms with Crippen LogP contribution in [0.1, 0.15) is 39.3 Å². The van der Waals surface area contributed by atoms with Crippen LogP contribution in [0.5, 0.6) is 0 Å². The van der Waals surface area contributed by atoms with Crippen molar-refractivity contribution < 1.29 is 9.84 Å². The van der Waals surface area contributed by atoms with Crippen molar-refractivity contribution in [2.24, 2.45) is 5.92 Å². The lowest BCUT2D eigenvalue weighted by atomic mass is 9.77. The van der Waals surface area contributed by atoms with Crippen LogP contribution in [0.2, 0.25) is 0 Å². The Kier molecular flexibility index (Phi) is 2.67. The number of aliphatic hydroxyl groups excluding tert-OH is 1. The van der Waals surface area contributed by atoms with Crippen molar-refractivity contribution >= 4 is 0 Å². The van der Waals surface area contributed by atoms with Crippen molar-refractivity contribution in [1.82, 2.24) is 9.55 Å². The highest BCUT2D eigenvalue weighted by Crippen LogP contribution is 2.53. The summed E-state index contributed by atoms with van der Waals surface area (Å²) in [6.45, 7) is 8.09. The molecular formula is C18H22N2O2. The zero-order valence-corrected chi connectivity index (χ0v) is 13.4. The molecule has 0 bridgehead atoms. The SMILES string of the molecule is CC1(C)OC(C)(C)[C@@H](O)[C@H]1[C@@H]1c2ccccc2-c2cncn21. The molecular weight excluding hydrogens is 276 g/mol. The molecule has 1 saturated heterocycles. The number of hydrogen-bond acceptors (Lipinski definition) is 3. The van der Waals surface area contributed by atoms with Crippen LogP contribution in [0.3, 0.4) is 0 Å². The Bertz CT molecular complexity index is 732. The monoisotopic (exact) mass is 298 g/mol. The summed E-state index contributed by atoms with van der Waals surface area (Å²) < 4.78 is 8.38. The molecule has 2 aromatic rings. The molecule has 22 heavy (non-hydrogen) atoms. The minimum atomic E-state index is -0.549. The molecule has 2 aliphatic rings. The Hall–Kier alpha value is -1.65. The number of fused-ring (bicyclic) bond motifs is 3. The van der Waals surface area contributed by atoms with Gasteiger partial charge in [0.15, 0.2) is 0 Å². The third kappa shape index (κ3) is 1.68. The molecule has 4 rings (SSSR count). The van der Waals surface area contributed by atoms with Crippen LogP contribution >= 0.6 is 0 Å². The topological polar surface area (TPSA) is 47.3 Å². The Morgan fingerprint density at radius 3 is 2.55 bits per heavy atom. The number of rotatable bonds is 1. The zero-order valence-electron chi connectivity index (χ0n) is 13.4. The van der Waals surface area contributed by atoms with E-state index >= 15 is 0 Å². The molecule has 1 fully saturated rings. The summed E-state index contributed by atoms with van der Waals surface area (Å²) in [4.78, 5) is 4.31. The summed E-state index contributed by atoms with van der Waals surface area (Å²) >= 11 is 0. The molecule has 3 atom stereocenters. The van der Waals surface area contributed by atoms with Gasteiger partial charge in [-0.2, -0.15) is 0 Å². The van der Waals surface area contributed by atoms with Crippen LogP contribution in [-0.2, 0) is 4.74 Å². The van der Waals surface area contributed by atoms with Crippen LogP contribution < -0.4 is 0 Å². The second-order valence-corrected chi connectivity index (χ2v) is 7.50. The largest absolute Gasteiger partial charge is 0.390 e. The van der Waals surface area contributed by atoms with Crippen LogP contribution in [0, 0.1) is 5.92 Å². The number of benzene rings is 1. The molecule has 4 nitrogen and oxygen atoms in total. The molecule has 0 spiro atoms. The summed E-state index contributed by atoms with van der Waals surface area (Å²) in [5.74, 6) is -0.0286. The number of aliphatic hydroxyl groups is 1. The predicted molar refractivity (Wildman–Crippen MR) is 84.5 cm³/mol. The van der Waals surface area contributed by atoms with Crippen molar-refractivity contribution in [3.05, 3.63) is 42.4 Å². The summed E-state index contributed by atoms with van der Waals surface area (Å²) in [5.41, 5.74) is 2.61. The van der Waals surface area contributed by atoms with Crippen LogP contribution in [0.4, 0.5) is 0 Å². The van der Waals surface area contributed by atoms with Gasteiger partial charge in [0.1, 0.15) is 0 Å². The number of imidazole rings is 1. The van der Waals surface area contributed by atoms with E-state index in [9.17, 15) is 5.11 Å². The maximum absolute atomic E-state index is 10.9. The molecule has 0 amide bonds. The fourth-order valence-corrected chi connectivity index (χ4v) is 4.41. The Morgan fingerprint density at radius 1 is 1.14 bits per heavy atom. The van der Waals surface area contributed by atoms with E-state index in [0.717, 1.165) is 5.69 Å². The lowest BCUT2D eigenvalue weighted by Gasteiger charge is -2.33. The average Bonchev–Trinajstić information content (AvgIpc) is 3.04. The van der Waals surface area contributed by atoms with E-state index in [2.05, 4.69) is 47.7 Å². The first kappa shape index (κ1) is 14.0. The molecule has 1 N–H and O–H groups in total. The van der Waals surface area contributed by atoms with Gasteiger partial charge in [-0.25, -0.2) is 4.98 Å². The maximum Gasteiger partial charge on any atom is 0.0956 e. The van der Waals surface area contributed by atoms with Crippen molar-refractivity contribution in [3.63, 3.8) is 0 Å². The lowest BCUT2D eigenvalue weighted by molar-refractivity contribution is -0.0915. The fourth-order valence-electron chi connectivity index (χ4n) is 4.41. The first-order chi connectivity index (χ1) is 10.3. The van der Waals surface area contributed by atoms with E-state index in [1.807, 2.05) is 26.4 Å². The van der Waals surface area contributed by atoms with Crippen LogP contribution in [-0.4, -0.2) is 32.0 Å². The first-order valence-corrected chi connectivity index (χ1v) is 7.82. The number of hydrogen-bond donors (Lipinski definition) is 1. The first-order valence-electron chi connectivity index (χ1n) is 7.82. The van der Waals surface area contributed by atoms with Gasteiger partial charge in [-0.05, 0) is 33.3 Å². The lowest BCUT2D eigenvalue weighted by Crippen LogP contribution is -2.40. The minimum absolute atomic E-state index is 0.0286. The molecule has 0 radical (unpaired) electrons. The third-order valence-corrected chi connectivity index (χ3v) is 5.24. The molecule has 1 aromatic carbocycles. The molecule has 3 heterocycles. The number of nitrogens with zero attached hydrogens (tertiary/aromatic N) is 2. The molecule has 116 valence electrons. The van der Waals surface area contributed by atoms with Gasteiger partial charge in [0.2, 0.25) is 0 Å². The van der Waals surface area contributed by atoms with E-state index in [1.54, 1.807) is 0 Å². The Balaban J connectivity index is 1.90. The van der Waals surface area contributed by atoms with Gasteiger partial charge in [0.05, 0.1) is 41.6 Å². The predicted octanol–water partition coefficient (Wildman–Crippen LogP) is 3.02. The van der Waals surface area contributed by atoms with Gasteiger partial charge in [-0.3, -0.25) is 0 Å². The fraction of sp³-hybridized carbons (Fsp3) is 0.500. The molecule has 0 aliphatic carbocycles. The van der Waals surface area contributed by atoms with E-state index in [-0.39, 0.29) is 12.0 Å². The van der Waals surface area contributed by atoms with Gasteiger partial charge in [0.25, 0.3) is 0 Å². The van der Waals surface area contributed by atoms with Crippen molar-refractivity contribution in [1.29, 1.82) is 0 Å². The highest BCUT2D eigenvalue weighted by atomic mass is 16.5. The van der Waals surface area contributed by atoms with Crippen LogP contribution in [0.25, 0.3) is 11.3 Å². The second kappa shape index (κ2) is 4.21. The average molecular weight is 298 g/mol. The quantitative estimate of drug-likeness (QED) is 0.880. The van der Waals surface area contributed by atoms with E-state index in [1.165, 1.54) is 11.1 Å². The molecule has 2 aliphatic heterocycles. The summed E-state index contributed by atoms with van der Waals surface area (Å²) in [6.07, 6.45) is 3.24. The van der Waals surface area contributed by atoms with Crippen molar-refractivity contribution in [2.45, 2.75) is 51.0 Å². The van der Waals surface area contributed by atoms with Crippen LogP contribution in [0.15, 0.2) is 36.8 Å². The standard InChI is InChI=1S/C18H22N2O2/c1-17(2)14(16(21)18(3,4)22-17)15-12-8-6-5-7-11(12)13-9-19-10-20(13)15/h5-10,14-16,21H,1-4H3/t14-,15+,16+/m1/s1. The van der Waals surface area contributed by atoms with E-state index in [4.69, 9.17) is 4.74 Å². The van der Waals surface area contributed by atoms with E-state index < -0.39 is 17.3 Å². The highest BCUT2D eigenvalue weighted by Gasteiger charge is 2.58. The molecule has 0 unspecified atom stereocenters. The summed E-state index contributed by atoms with van der Waals surface area (Å²) in [6, 6.07) is 8.45. The Morgan fingerprint density at radius 2 is 1.86 bits per heavy atom.